The maximum Gasteiger partial charge on any atom is 0.126 e. The molecule has 0 radical (unpaired) electrons. The summed E-state index contributed by atoms with van der Waals surface area (Å²) in [4.78, 5) is 0. The van der Waals surface area contributed by atoms with Crippen LogP contribution in [0.5, 0.6) is 5.75 Å². The minimum absolute atomic E-state index is 0.0113. The summed E-state index contributed by atoms with van der Waals surface area (Å²) in [5, 5.41) is 13.3. The van der Waals surface area contributed by atoms with E-state index in [4.69, 9.17) is 0 Å². The van der Waals surface area contributed by atoms with Gasteiger partial charge in [0.25, 0.3) is 0 Å². The zero-order chi connectivity index (χ0) is 15.6. The first-order valence-electron chi connectivity index (χ1n) is 7.20. The van der Waals surface area contributed by atoms with Crippen LogP contribution >= 0.6 is 0 Å². The van der Waals surface area contributed by atoms with Crippen molar-refractivity contribution in [2.24, 2.45) is 0 Å². The molecule has 0 spiro atoms. The Morgan fingerprint density at radius 3 is 2.19 bits per heavy atom. The fourth-order valence-corrected chi connectivity index (χ4v) is 2.75. The molecule has 0 aliphatic heterocycles. The number of hydrogen-bond acceptors (Lipinski definition) is 2. The zero-order valence-electron chi connectivity index (χ0n) is 12.9. The Balaban J connectivity index is 2.16. The van der Waals surface area contributed by atoms with Gasteiger partial charge in [-0.2, -0.15) is 0 Å². The van der Waals surface area contributed by atoms with Crippen molar-refractivity contribution in [3.63, 3.8) is 0 Å². The lowest BCUT2D eigenvalue weighted by Crippen LogP contribution is -2.23. The maximum absolute atomic E-state index is 13.0. The van der Waals surface area contributed by atoms with Crippen LogP contribution in [0, 0.1) is 19.7 Å². The second kappa shape index (κ2) is 6.27. The molecule has 0 amide bonds. The molecule has 2 unspecified atom stereocenters. The largest absolute Gasteiger partial charge is 0.508 e. The summed E-state index contributed by atoms with van der Waals surface area (Å²) < 4.78 is 13.0. The molecule has 0 aromatic heterocycles. The Hall–Kier alpha value is -1.87. The summed E-state index contributed by atoms with van der Waals surface area (Å²) in [7, 11) is 0. The van der Waals surface area contributed by atoms with Gasteiger partial charge in [-0.25, -0.2) is 4.39 Å². The molecule has 3 heteroatoms. The highest BCUT2D eigenvalue weighted by molar-refractivity contribution is 5.36. The topological polar surface area (TPSA) is 32.3 Å². The van der Waals surface area contributed by atoms with Crippen molar-refractivity contribution in [1.82, 2.24) is 5.32 Å². The van der Waals surface area contributed by atoms with E-state index in [1.54, 1.807) is 6.07 Å². The van der Waals surface area contributed by atoms with Crippen LogP contribution in [0.3, 0.4) is 0 Å². The van der Waals surface area contributed by atoms with E-state index in [1.165, 1.54) is 22.8 Å². The van der Waals surface area contributed by atoms with Crippen LogP contribution in [0.4, 0.5) is 4.39 Å². The van der Waals surface area contributed by atoms with Gasteiger partial charge in [-0.3, -0.25) is 0 Å². The van der Waals surface area contributed by atoms with Gasteiger partial charge in [0, 0.05) is 23.7 Å². The molecule has 2 aromatic carbocycles. The van der Waals surface area contributed by atoms with E-state index in [0.717, 1.165) is 6.07 Å². The molecule has 2 nitrogen and oxygen atoms in total. The highest BCUT2D eigenvalue weighted by atomic mass is 19.1. The summed E-state index contributed by atoms with van der Waals surface area (Å²) >= 11 is 0. The predicted molar refractivity (Wildman–Crippen MR) is 83.9 cm³/mol. The highest BCUT2D eigenvalue weighted by Crippen LogP contribution is 2.28. The predicted octanol–water partition coefficient (Wildman–Crippen LogP) is 4.56. The Kier molecular flexibility index (Phi) is 4.63. The van der Waals surface area contributed by atoms with Crippen LogP contribution in [0.25, 0.3) is 0 Å². The molecular weight excluding hydrogens is 265 g/mol. The summed E-state index contributed by atoms with van der Waals surface area (Å²) in [5.41, 5.74) is 4.42. The molecule has 112 valence electrons. The van der Waals surface area contributed by atoms with Gasteiger partial charge in [0.2, 0.25) is 0 Å². The lowest BCUT2D eigenvalue weighted by Gasteiger charge is -2.23. The van der Waals surface area contributed by atoms with E-state index in [1.807, 2.05) is 6.92 Å². The van der Waals surface area contributed by atoms with Gasteiger partial charge in [-0.05, 0) is 44.9 Å². The first-order valence-corrected chi connectivity index (χ1v) is 7.20. The molecule has 0 heterocycles. The van der Waals surface area contributed by atoms with Crippen molar-refractivity contribution >= 4 is 0 Å². The van der Waals surface area contributed by atoms with Gasteiger partial charge in [0.15, 0.2) is 0 Å². The average Bonchev–Trinajstić information content (AvgIpc) is 2.37. The van der Waals surface area contributed by atoms with E-state index in [0.29, 0.717) is 5.56 Å². The van der Waals surface area contributed by atoms with E-state index in [9.17, 15) is 9.50 Å². The summed E-state index contributed by atoms with van der Waals surface area (Å²) in [6.45, 7) is 8.23. The van der Waals surface area contributed by atoms with E-state index in [2.05, 4.69) is 44.3 Å². The minimum atomic E-state index is -0.425. The number of aromatic hydroxyl groups is 1. The molecule has 0 fully saturated rings. The van der Waals surface area contributed by atoms with Crippen molar-refractivity contribution in [2.75, 3.05) is 0 Å². The second-order valence-corrected chi connectivity index (χ2v) is 5.67. The number of halogens is 1. The lowest BCUT2D eigenvalue weighted by molar-refractivity contribution is 0.434. The SMILES string of the molecule is Cc1ccc(C(C)NC(C)c2ccc(F)cc2O)c(C)c1. The monoisotopic (exact) mass is 287 g/mol. The number of aryl methyl sites for hydroxylation is 2. The summed E-state index contributed by atoms with van der Waals surface area (Å²) in [6.07, 6.45) is 0. The Morgan fingerprint density at radius 2 is 1.57 bits per heavy atom. The molecule has 2 atom stereocenters. The van der Waals surface area contributed by atoms with Crippen molar-refractivity contribution in [3.05, 3.63) is 64.5 Å². The number of hydrogen-bond donors (Lipinski definition) is 2. The fourth-order valence-electron chi connectivity index (χ4n) is 2.75. The number of rotatable bonds is 4. The van der Waals surface area contributed by atoms with Crippen LogP contribution in [-0.4, -0.2) is 5.11 Å². The summed E-state index contributed by atoms with van der Waals surface area (Å²) in [6, 6.07) is 10.6. The number of phenols is 1. The third-order valence-corrected chi connectivity index (χ3v) is 3.85. The first-order chi connectivity index (χ1) is 9.88. The van der Waals surface area contributed by atoms with E-state index >= 15 is 0 Å². The molecule has 0 bridgehead atoms. The molecule has 2 N–H and O–H groups in total. The average molecular weight is 287 g/mol. The first kappa shape index (κ1) is 15.5. The van der Waals surface area contributed by atoms with E-state index < -0.39 is 5.82 Å². The van der Waals surface area contributed by atoms with Crippen LogP contribution in [0.2, 0.25) is 0 Å². The quantitative estimate of drug-likeness (QED) is 0.864. The Labute approximate surface area is 125 Å². The van der Waals surface area contributed by atoms with E-state index in [-0.39, 0.29) is 17.8 Å². The molecule has 0 aliphatic carbocycles. The van der Waals surface area contributed by atoms with Gasteiger partial charge < -0.3 is 10.4 Å². The third kappa shape index (κ3) is 3.61. The number of nitrogens with one attached hydrogen (secondary N) is 1. The molecule has 0 aliphatic rings. The highest BCUT2D eigenvalue weighted by Gasteiger charge is 2.15. The van der Waals surface area contributed by atoms with Gasteiger partial charge in [0.1, 0.15) is 11.6 Å². The van der Waals surface area contributed by atoms with Crippen LogP contribution in [0.15, 0.2) is 36.4 Å². The van der Waals surface area contributed by atoms with Crippen LogP contribution < -0.4 is 5.32 Å². The molecule has 2 rings (SSSR count). The van der Waals surface area contributed by atoms with Crippen molar-refractivity contribution < 1.29 is 9.50 Å². The van der Waals surface area contributed by atoms with Gasteiger partial charge in [0.05, 0.1) is 0 Å². The van der Waals surface area contributed by atoms with Crippen LogP contribution in [-0.2, 0) is 0 Å². The van der Waals surface area contributed by atoms with Crippen LogP contribution in [0.1, 0.15) is 48.2 Å². The minimum Gasteiger partial charge on any atom is -0.508 e. The maximum atomic E-state index is 13.0. The number of phenolic OH excluding ortho intramolecular Hbond substituents is 1. The Bertz CT molecular complexity index is 584. The normalized spacial score (nSPS) is 14.0. The van der Waals surface area contributed by atoms with Crippen molar-refractivity contribution in [2.45, 2.75) is 39.8 Å². The van der Waals surface area contributed by atoms with Gasteiger partial charge in [-0.15, -0.1) is 0 Å². The third-order valence-electron chi connectivity index (χ3n) is 3.85. The number of benzene rings is 2. The molecule has 0 saturated heterocycles. The van der Waals surface area contributed by atoms with Crippen molar-refractivity contribution in [1.29, 1.82) is 0 Å². The second-order valence-electron chi connectivity index (χ2n) is 5.67. The zero-order valence-corrected chi connectivity index (χ0v) is 12.9. The summed E-state index contributed by atoms with van der Waals surface area (Å²) in [5.74, 6) is -0.436. The lowest BCUT2D eigenvalue weighted by atomic mass is 9.98. The molecular formula is C18H22FNO. The molecule has 21 heavy (non-hydrogen) atoms. The fraction of sp³-hybridized carbons (Fsp3) is 0.333. The Morgan fingerprint density at radius 1 is 0.952 bits per heavy atom. The molecule has 2 aromatic rings. The van der Waals surface area contributed by atoms with Gasteiger partial charge >= 0.3 is 0 Å². The standard InChI is InChI=1S/C18H22FNO/c1-11-5-7-16(12(2)9-11)13(3)20-14(4)17-8-6-15(19)10-18(17)21/h5-10,13-14,20-21H,1-4H3. The smallest absolute Gasteiger partial charge is 0.126 e. The van der Waals surface area contributed by atoms with Crippen molar-refractivity contribution in [3.8, 4) is 5.75 Å². The van der Waals surface area contributed by atoms with Gasteiger partial charge in [-0.1, -0.05) is 29.8 Å². The molecule has 0 saturated carbocycles.